The third-order valence-corrected chi connectivity index (χ3v) is 2.73. The number of hydrogen-bond donors (Lipinski definition) is 2. The van der Waals surface area contributed by atoms with Gasteiger partial charge in [-0.05, 0) is 19.1 Å². The van der Waals surface area contributed by atoms with Crippen LogP contribution in [-0.4, -0.2) is 42.0 Å². The number of aliphatic hydroxyl groups is 1. The Kier molecular flexibility index (Phi) is 3.26. The number of ether oxygens (including phenoxy) is 1. The first kappa shape index (κ1) is 11.2. The number of nitrogen functional groups attached to an aromatic ring is 1. The Morgan fingerprint density at radius 2 is 2.44 bits per heavy atom. The van der Waals surface area contributed by atoms with Gasteiger partial charge in [-0.3, -0.25) is 0 Å². The zero-order valence-corrected chi connectivity index (χ0v) is 9.34. The topological polar surface area (TPSA) is 71.6 Å². The summed E-state index contributed by atoms with van der Waals surface area (Å²) in [6.07, 6.45) is 1.08. The van der Waals surface area contributed by atoms with Crippen LogP contribution in [-0.2, 0) is 4.74 Å². The van der Waals surface area contributed by atoms with Gasteiger partial charge in [0, 0.05) is 25.9 Å². The largest absolute Gasteiger partial charge is 0.396 e. The molecule has 1 aliphatic heterocycles. The molecule has 0 saturated carbocycles. The highest BCUT2D eigenvalue weighted by molar-refractivity contribution is 5.62. The minimum absolute atomic E-state index is 0.147. The Balaban J connectivity index is 2.11. The number of aliphatic hydroxyl groups excluding tert-OH is 1. The van der Waals surface area contributed by atoms with Crippen LogP contribution in [0.2, 0.25) is 0 Å². The van der Waals surface area contributed by atoms with E-state index in [4.69, 9.17) is 10.5 Å². The fourth-order valence-corrected chi connectivity index (χ4v) is 1.98. The molecule has 1 aliphatic rings. The van der Waals surface area contributed by atoms with Crippen LogP contribution < -0.4 is 10.6 Å². The van der Waals surface area contributed by atoms with Crippen molar-refractivity contribution in [3.8, 4) is 0 Å². The van der Waals surface area contributed by atoms with Crippen LogP contribution >= 0.6 is 0 Å². The molecule has 0 bridgehead atoms. The number of β-amino-alcohol motifs (C(OH)–C–C–N with tert-alkyl or cyclic N) is 1. The highest BCUT2D eigenvalue weighted by Crippen LogP contribution is 2.24. The molecule has 1 aromatic heterocycles. The number of aromatic nitrogens is 1. The second-order valence-corrected chi connectivity index (χ2v) is 3.88. The van der Waals surface area contributed by atoms with E-state index in [9.17, 15) is 5.11 Å². The Bertz CT molecular complexity index is 359. The van der Waals surface area contributed by atoms with Crippen LogP contribution in [0.3, 0.4) is 0 Å². The van der Waals surface area contributed by atoms with E-state index >= 15 is 0 Å². The molecule has 0 aliphatic carbocycles. The molecule has 1 saturated heterocycles. The predicted octanol–water partition coefficient (Wildman–Crippen LogP) is 0.250. The average molecular weight is 223 g/mol. The van der Waals surface area contributed by atoms with Gasteiger partial charge in [0.15, 0.2) is 5.82 Å². The first-order valence-corrected chi connectivity index (χ1v) is 5.47. The Morgan fingerprint density at radius 3 is 3.12 bits per heavy atom. The average Bonchev–Trinajstić information content (AvgIpc) is 2.61. The van der Waals surface area contributed by atoms with Gasteiger partial charge in [-0.1, -0.05) is 0 Å². The quantitative estimate of drug-likeness (QED) is 0.768. The van der Waals surface area contributed by atoms with E-state index in [1.807, 2.05) is 17.9 Å². The van der Waals surface area contributed by atoms with Gasteiger partial charge in [-0.25, -0.2) is 4.98 Å². The zero-order valence-electron chi connectivity index (χ0n) is 9.34. The van der Waals surface area contributed by atoms with Gasteiger partial charge < -0.3 is 20.5 Å². The third-order valence-electron chi connectivity index (χ3n) is 2.73. The lowest BCUT2D eigenvalue weighted by Crippen LogP contribution is -2.26. The molecule has 0 unspecified atom stereocenters. The molecule has 3 N–H and O–H groups in total. The van der Waals surface area contributed by atoms with E-state index in [-0.39, 0.29) is 6.10 Å². The van der Waals surface area contributed by atoms with Crippen molar-refractivity contribution in [2.24, 2.45) is 0 Å². The van der Waals surface area contributed by atoms with Crippen molar-refractivity contribution in [3.63, 3.8) is 0 Å². The lowest BCUT2D eigenvalue weighted by atomic mass is 10.3. The smallest absolute Gasteiger partial charge is 0.151 e. The summed E-state index contributed by atoms with van der Waals surface area (Å²) in [4.78, 5) is 6.18. The van der Waals surface area contributed by atoms with E-state index < -0.39 is 6.10 Å². The lowest BCUT2D eigenvalue weighted by molar-refractivity contribution is -0.00189. The van der Waals surface area contributed by atoms with E-state index in [0.717, 1.165) is 5.82 Å². The summed E-state index contributed by atoms with van der Waals surface area (Å²) in [6, 6.07) is 3.61. The first-order valence-electron chi connectivity index (χ1n) is 5.47. The zero-order chi connectivity index (χ0) is 11.5. The number of pyridine rings is 1. The summed E-state index contributed by atoms with van der Waals surface area (Å²) in [5.74, 6) is 0.726. The number of nitrogens with two attached hydrogens (primary N) is 1. The number of rotatable bonds is 3. The normalized spacial score (nSPS) is 25.0. The second-order valence-electron chi connectivity index (χ2n) is 3.88. The minimum Gasteiger partial charge on any atom is -0.396 e. The summed E-state index contributed by atoms with van der Waals surface area (Å²) in [5, 5.41) is 9.81. The Hall–Kier alpha value is -1.33. The van der Waals surface area contributed by atoms with Crippen molar-refractivity contribution in [3.05, 3.63) is 18.3 Å². The monoisotopic (exact) mass is 223 g/mol. The van der Waals surface area contributed by atoms with E-state index in [0.29, 0.717) is 25.4 Å². The van der Waals surface area contributed by atoms with Gasteiger partial charge in [-0.15, -0.1) is 0 Å². The third kappa shape index (κ3) is 2.10. The van der Waals surface area contributed by atoms with Crippen molar-refractivity contribution in [2.75, 3.05) is 30.3 Å². The summed E-state index contributed by atoms with van der Waals surface area (Å²) >= 11 is 0. The Labute approximate surface area is 94.8 Å². The molecule has 0 spiro atoms. The van der Waals surface area contributed by atoms with Gasteiger partial charge in [0.05, 0.1) is 11.8 Å². The van der Waals surface area contributed by atoms with Crippen LogP contribution in [0.4, 0.5) is 11.5 Å². The van der Waals surface area contributed by atoms with E-state index in [2.05, 4.69) is 4.98 Å². The molecule has 88 valence electrons. The van der Waals surface area contributed by atoms with Crippen LogP contribution in [0.5, 0.6) is 0 Å². The maximum Gasteiger partial charge on any atom is 0.151 e. The van der Waals surface area contributed by atoms with Crippen LogP contribution in [0, 0.1) is 0 Å². The molecule has 1 fully saturated rings. The fourth-order valence-electron chi connectivity index (χ4n) is 1.98. The van der Waals surface area contributed by atoms with Crippen LogP contribution in [0.1, 0.15) is 6.92 Å². The van der Waals surface area contributed by atoms with Gasteiger partial charge >= 0.3 is 0 Å². The molecule has 0 radical (unpaired) electrons. The van der Waals surface area contributed by atoms with Gasteiger partial charge in [0.1, 0.15) is 6.10 Å². The van der Waals surface area contributed by atoms with Crippen molar-refractivity contribution in [1.29, 1.82) is 0 Å². The Morgan fingerprint density at radius 1 is 1.62 bits per heavy atom. The minimum atomic E-state index is -0.471. The standard InChI is InChI=1S/C11H17N3O2/c1-2-16-10-7-14(6-9(10)15)11-8(12)4-3-5-13-11/h3-5,9-10,15H,2,6-7,12H2,1H3/t9-,10-/m1/s1. The number of hydrogen-bond acceptors (Lipinski definition) is 5. The fraction of sp³-hybridized carbons (Fsp3) is 0.545. The summed E-state index contributed by atoms with van der Waals surface area (Å²) in [7, 11) is 0. The molecular weight excluding hydrogens is 206 g/mol. The predicted molar refractivity (Wildman–Crippen MR) is 62.3 cm³/mol. The highest BCUT2D eigenvalue weighted by atomic mass is 16.5. The molecule has 16 heavy (non-hydrogen) atoms. The molecule has 2 rings (SSSR count). The van der Waals surface area contributed by atoms with Crippen molar-refractivity contribution < 1.29 is 9.84 Å². The van der Waals surface area contributed by atoms with Crippen molar-refractivity contribution in [1.82, 2.24) is 4.98 Å². The molecule has 0 amide bonds. The SMILES string of the molecule is CCO[C@@H]1CN(c2ncccc2N)C[C@H]1O. The molecular formula is C11H17N3O2. The van der Waals surface area contributed by atoms with Crippen molar-refractivity contribution in [2.45, 2.75) is 19.1 Å². The second kappa shape index (κ2) is 4.67. The highest BCUT2D eigenvalue weighted by Gasteiger charge is 2.33. The molecule has 1 aromatic rings. The molecule has 5 heteroatoms. The maximum atomic E-state index is 9.81. The van der Waals surface area contributed by atoms with Crippen molar-refractivity contribution >= 4 is 11.5 Å². The molecule has 2 atom stereocenters. The van der Waals surface area contributed by atoms with Crippen LogP contribution in [0.15, 0.2) is 18.3 Å². The van der Waals surface area contributed by atoms with E-state index in [1.54, 1.807) is 12.3 Å². The first-order chi connectivity index (χ1) is 7.72. The van der Waals surface area contributed by atoms with Gasteiger partial charge in [-0.2, -0.15) is 0 Å². The summed E-state index contributed by atoms with van der Waals surface area (Å²) in [5.41, 5.74) is 6.47. The maximum absolute atomic E-state index is 9.81. The molecule has 2 heterocycles. The van der Waals surface area contributed by atoms with Crippen LogP contribution in [0.25, 0.3) is 0 Å². The molecule has 5 nitrogen and oxygen atoms in total. The van der Waals surface area contributed by atoms with Gasteiger partial charge in [0.25, 0.3) is 0 Å². The number of anilines is 2. The lowest BCUT2D eigenvalue weighted by Gasteiger charge is -2.18. The summed E-state index contributed by atoms with van der Waals surface area (Å²) < 4.78 is 5.45. The summed E-state index contributed by atoms with van der Waals surface area (Å²) in [6.45, 7) is 3.68. The van der Waals surface area contributed by atoms with E-state index in [1.165, 1.54) is 0 Å². The molecule has 0 aromatic carbocycles. The number of nitrogens with zero attached hydrogens (tertiary/aromatic N) is 2. The van der Waals surface area contributed by atoms with Gasteiger partial charge in [0.2, 0.25) is 0 Å².